The van der Waals surface area contributed by atoms with Crippen LogP contribution in [0.4, 0.5) is 63.1 Å². The molecule has 0 amide bonds. The molecular weight excluding hydrogens is 1280 g/mol. The maximum absolute atomic E-state index is 12.5. The summed E-state index contributed by atoms with van der Waals surface area (Å²) in [7, 11) is 1.29. The van der Waals surface area contributed by atoms with Gasteiger partial charge in [0, 0.05) is 92.6 Å². The van der Waals surface area contributed by atoms with E-state index < -0.39 is 34.4 Å². The summed E-state index contributed by atoms with van der Waals surface area (Å²) >= 11 is 39.9. The molecule has 87 heavy (non-hydrogen) atoms. The molecule has 9 aromatic carbocycles. The van der Waals surface area contributed by atoms with Crippen molar-refractivity contribution in [3.63, 3.8) is 0 Å². The normalized spacial score (nSPS) is 10.0. The maximum Gasteiger partial charge on any atom is 0.419 e. The number of hydrogen-bond donors (Lipinski definition) is 8. The molecule has 27 heteroatoms. The highest BCUT2D eigenvalue weighted by atomic mass is 35.5. The predicted molar refractivity (Wildman–Crippen MR) is 341 cm³/mol. The van der Waals surface area contributed by atoms with E-state index in [1.54, 1.807) is 115 Å². The van der Waals surface area contributed by atoms with E-state index in [1.807, 2.05) is 18.2 Å². The van der Waals surface area contributed by atoms with Crippen LogP contribution in [0.3, 0.4) is 0 Å². The molecule has 0 aliphatic carbocycles. The number of alkyl halides is 3. The molecule has 15 N–H and O–H groups in total. The van der Waals surface area contributed by atoms with Gasteiger partial charge >= 0.3 is 18.1 Å². The van der Waals surface area contributed by atoms with Crippen LogP contribution in [0.5, 0.6) is 0 Å². The zero-order valence-corrected chi connectivity index (χ0v) is 50.1. The van der Waals surface area contributed by atoms with Crippen LogP contribution < -0.4 is 40.1 Å². The van der Waals surface area contributed by atoms with Gasteiger partial charge < -0.3 is 50.0 Å². The van der Waals surface area contributed by atoms with Crippen LogP contribution in [0.2, 0.25) is 35.2 Å². The molecule has 0 spiro atoms. The fourth-order valence-electron chi connectivity index (χ4n) is 6.41. The lowest BCUT2D eigenvalue weighted by atomic mass is 10.0. The number of rotatable bonds is 7. The number of nitrogens with two attached hydrogens (primary N) is 7. The first-order chi connectivity index (χ1) is 40.8. The number of aromatic carboxylic acids is 1. The number of carbonyl (C=O) groups is 4. The van der Waals surface area contributed by atoms with Gasteiger partial charge in [-0.05, 0) is 140 Å². The Labute approximate surface area is 529 Å². The summed E-state index contributed by atoms with van der Waals surface area (Å²) < 4.78 is 52.8. The lowest BCUT2D eigenvalue weighted by Crippen LogP contribution is -2.08. The molecule has 454 valence electrons. The van der Waals surface area contributed by atoms with E-state index in [2.05, 4.69) is 4.74 Å². The van der Waals surface area contributed by atoms with Gasteiger partial charge in [0.25, 0.3) is 5.69 Å². The average Bonchev–Trinajstić information content (AvgIpc) is 3.15. The second kappa shape index (κ2) is 34.8. The number of nitrogens with zero attached hydrogens (tertiary/aromatic N) is 1. The number of hydrogen-bond acceptors (Lipinski definition) is 14. The minimum Gasteiger partial charge on any atom is -0.478 e. The first-order valence-corrected chi connectivity index (χ1v) is 26.7. The molecule has 0 aromatic heterocycles. The molecule has 0 bridgehead atoms. The first kappa shape index (κ1) is 72.3. The van der Waals surface area contributed by atoms with Gasteiger partial charge in [-0.3, -0.25) is 19.7 Å². The molecule has 0 fully saturated rings. The topological polar surface area (TPSA) is 323 Å². The maximum atomic E-state index is 12.5. The van der Waals surface area contributed by atoms with E-state index >= 15 is 0 Å². The quantitative estimate of drug-likeness (QED) is 0.0184. The number of ketones is 2. The van der Waals surface area contributed by atoms with Crippen LogP contribution in [-0.4, -0.2) is 40.6 Å². The van der Waals surface area contributed by atoms with Crippen molar-refractivity contribution in [3.8, 4) is 0 Å². The number of methoxy groups -OCH3 is 1. The first-order valence-electron chi connectivity index (χ1n) is 24.1. The minimum atomic E-state index is -4.68. The summed E-state index contributed by atoms with van der Waals surface area (Å²) in [5.41, 5.74) is 40.9. The Bertz CT molecular complexity index is 3770. The minimum absolute atomic E-state index is 0.0394. The molecule has 0 unspecified atom stereocenters. The van der Waals surface area contributed by atoms with Crippen LogP contribution in [0.1, 0.15) is 58.1 Å². The largest absolute Gasteiger partial charge is 0.478 e. The molecule has 0 saturated heterocycles. The molecule has 0 saturated carbocycles. The number of carboxylic acid groups (broad SMARTS) is 1. The Morgan fingerprint density at radius 1 is 0.460 bits per heavy atom. The summed E-state index contributed by atoms with van der Waals surface area (Å²) in [6.07, 6.45) is -4.68. The Hall–Kier alpha value is -8.99. The molecule has 9 aromatic rings. The summed E-state index contributed by atoms with van der Waals surface area (Å²) in [5, 5.41) is 22.0. The number of carbonyl (C=O) groups excluding carboxylic acids is 3. The van der Waals surface area contributed by atoms with Crippen molar-refractivity contribution >= 4 is 150 Å². The number of anilines is 7. The van der Waals surface area contributed by atoms with Crippen LogP contribution in [-0.2, 0) is 10.9 Å². The molecule has 0 radical (unpaired) electrons. The number of nitro benzene ring substituents is 1. The summed E-state index contributed by atoms with van der Waals surface area (Å²) in [4.78, 5) is 55.4. The molecule has 0 aliphatic rings. The van der Waals surface area contributed by atoms with E-state index in [-0.39, 0.29) is 39.9 Å². The van der Waals surface area contributed by atoms with Gasteiger partial charge in [-0.15, -0.1) is 0 Å². The zero-order chi connectivity index (χ0) is 65.3. The van der Waals surface area contributed by atoms with Gasteiger partial charge in [-0.25, -0.2) is 14.0 Å². The number of halogens is 11. The lowest BCUT2D eigenvalue weighted by molar-refractivity contribution is -0.383. The third kappa shape index (κ3) is 24.1. The van der Waals surface area contributed by atoms with Crippen molar-refractivity contribution in [3.05, 3.63) is 278 Å². The van der Waals surface area contributed by atoms with E-state index in [4.69, 9.17) is 126 Å². The van der Waals surface area contributed by atoms with Crippen molar-refractivity contribution in [2.75, 3.05) is 47.2 Å². The third-order valence-electron chi connectivity index (χ3n) is 10.7. The number of nitrogen functional groups attached to an aromatic ring is 7. The summed E-state index contributed by atoms with van der Waals surface area (Å²) in [6.45, 7) is 0. The highest BCUT2D eigenvalue weighted by Crippen LogP contribution is 2.33. The number of esters is 1. The van der Waals surface area contributed by atoms with Crippen molar-refractivity contribution in [1.82, 2.24) is 0 Å². The highest BCUT2D eigenvalue weighted by molar-refractivity contribution is 6.36. The van der Waals surface area contributed by atoms with Gasteiger partial charge in [0.15, 0.2) is 11.6 Å². The average molecular weight is 1330 g/mol. The van der Waals surface area contributed by atoms with Crippen molar-refractivity contribution in [1.29, 1.82) is 0 Å². The van der Waals surface area contributed by atoms with Gasteiger partial charge in [0.05, 0.1) is 33.7 Å². The highest BCUT2D eigenvalue weighted by Gasteiger charge is 2.34. The second-order valence-corrected chi connectivity index (χ2v) is 20.0. The van der Waals surface area contributed by atoms with E-state index in [9.17, 15) is 46.9 Å². The fraction of sp³-hybridized carbons (Fsp3) is 0.0333. The lowest BCUT2D eigenvalue weighted by Gasteiger charge is -2.07. The van der Waals surface area contributed by atoms with Crippen molar-refractivity contribution < 1.29 is 51.5 Å². The van der Waals surface area contributed by atoms with Crippen LogP contribution in [0.25, 0.3) is 0 Å². The molecule has 0 atom stereocenters. The Balaban J connectivity index is 0.000000269. The standard InChI is InChI=1S/C13H9Cl2NO.C13H10ClNO.C8H8ClNO2.C7H6ClNO2.C7H5F4N.C6H5ClN2O2.C6H6ClN/c14-8-5-6-12(16)10(7-8)13(17)9-3-1-2-4-11(9)15;14-10-6-7-12(15)11(8-10)13(16)9-4-2-1-3-5-9;1-12-8(11)6-4-5(9)2-3-7(6)10;8-4-1-2-6(9)5(3-4)7(10)11;8-6-2-1-4(12)3-5(6)7(9,10)11;7-4-1-2-5(8)6(3-4)9(10)11;7-5-1-3-6(8)4-2-5/h1-7H,16H2;1-8H,15H2;2-4H,10H2,1H3;1-3H,9H2,(H,10,11);1-3H,12H2;1-3H,8H2;1-4H,8H2. The molecule has 0 heterocycles. The SMILES string of the molecule is COC(=O)c1cc(Cl)ccc1N.Nc1ccc(Cl)cc1.Nc1ccc(Cl)cc1C(=O)O.Nc1ccc(Cl)cc1C(=O)c1ccccc1.Nc1ccc(Cl)cc1C(=O)c1ccccc1Cl.Nc1ccc(Cl)cc1[N+](=O)[O-].Nc1ccc(F)c(C(F)(F)F)c1. The van der Waals surface area contributed by atoms with Gasteiger partial charge in [-0.2, -0.15) is 13.2 Å². The molecular formula is C60H49Cl7F4N8O8. The van der Waals surface area contributed by atoms with Gasteiger partial charge in [0.1, 0.15) is 11.5 Å². The van der Waals surface area contributed by atoms with E-state index in [1.165, 1.54) is 43.5 Å². The van der Waals surface area contributed by atoms with Crippen LogP contribution in [0.15, 0.2) is 188 Å². The zero-order valence-electron chi connectivity index (χ0n) is 44.8. The summed E-state index contributed by atoms with van der Waals surface area (Å²) in [5.74, 6) is -3.19. The summed E-state index contributed by atoms with van der Waals surface area (Å²) in [6, 6.07) is 48.0. The Morgan fingerprint density at radius 3 is 1.26 bits per heavy atom. The molecule has 0 aliphatic heterocycles. The van der Waals surface area contributed by atoms with E-state index in [0.29, 0.717) is 87.1 Å². The Kier molecular flexibility index (Phi) is 28.9. The fourth-order valence-corrected chi connectivity index (χ4v) is 7.61. The number of benzene rings is 9. The molecule has 16 nitrogen and oxygen atoms in total. The van der Waals surface area contributed by atoms with Crippen LogP contribution >= 0.6 is 81.2 Å². The Morgan fingerprint density at radius 2 is 0.851 bits per heavy atom. The number of ether oxygens (including phenoxy) is 1. The van der Waals surface area contributed by atoms with E-state index in [0.717, 1.165) is 16.8 Å². The smallest absolute Gasteiger partial charge is 0.419 e. The third-order valence-corrected chi connectivity index (χ3v) is 12.5. The van der Waals surface area contributed by atoms with Crippen LogP contribution in [0, 0.1) is 15.9 Å². The van der Waals surface area contributed by atoms with Gasteiger partial charge in [0.2, 0.25) is 0 Å². The molecule has 9 rings (SSSR count). The number of carboxylic acids is 1. The number of nitro groups is 1. The monoisotopic (exact) mass is 1330 g/mol. The predicted octanol–water partition coefficient (Wildman–Crippen LogP) is 16.5. The van der Waals surface area contributed by atoms with Crippen molar-refractivity contribution in [2.24, 2.45) is 0 Å². The second-order valence-electron chi connectivity index (χ2n) is 17.0. The van der Waals surface area contributed by atoms with Gasteiger partial charge in [-0.1, -0.05) is 124 Å². The van der Waals surface area contributed by atoms with Crippen molar-refractivity contribution in [2.45, 2.75) is 6.18 Å².